The largest absolute Gasteiger partial charge is 0.461 e. The van der Waals surface area contributed by atoms with Gasteiger partial charge in [0.2, 0.25) is 11.8 Å². The number of amides is 2. The molecule has 1 aromatic carbocycles. The number of fused-ring (bicyclic) bond motifs is 1. The number of allylic oxidation sites excluding steroid dienone is 2. The van der Waals surface area contributed by atoms with Crippen LogP contribution in [-0.2, 0) is 25.7 Å². The summed E-state index contributed by atoms with van der Waals surface area (Å²) in [4.78, 5) is 37.7. The lowest BCUT2D eigenvalue weighted by Crippen LogP contribution is -2.33. The van der Waals surface area contributed by atoms with E-state index < -0.39 is 5.97 Å². The van der Waals surface area contributed by atoms with Crippen molar-refractivity contribution < 1.29 is 19.1 Å². The lowest BCUT2D eigenvalue weighted by molar-refractivity contribution is -0.146. The summed E-state index contributed by atoms with van der Waals surface area (Å²) in [5.41, 5.74) is 2.03. The first kappa shape index (κ1) is 16.4. The molecule has 0 saturated carbocycles. The Balaban J connectivity index is 1.49. The fourth-order valence-electron chi connectivity index (χ4n) is 3.33. The van der Waals surface area contributed by atoms with Crippen LogP contribution in [0.25, 0.3) is 0 Å². The highest BCUT2D eigenvalue weighted by molar-refractivity contribution is 6.05. The number of aryl methyl sites for hydroxylation is 1. The van der Waals surface area contributed by atoms with E-state index >= 15 is 0 Å². The third kappa shape index (κ3) is 3.40. The third-order valence-corrected chi connectivity index (χ3v) is 4.62. The van der Waals surface area contributed by atoms with E-state index in [4.69, 9.17) is 4.74 Å². The molecule has 5 heteroatoms. The number of carbonyl (C=O) groups is 3. The summed E-state index contributed by atoms with van der Waals surface area (Å²) in [6.45, 7) is 2.29. The Morgan fingerprint density at radius 2 is 1.83 bits per heavy atom. The zero-order valence-electron chi connectivity index (χ0n) is 13.7. The number of imide groups is 1. The predicted octanol–water partition coefficient (Wildman–Crippen LogP) is 2.38. The Bertz CT molecular complexity index is 668. The first-order valence-corrected chi connectivity index (χ1v) is 8.27. The highest BCUT2D eigenvalue weighted by Crippen LogP contribution is 2.34. The fraction of sp³-hybridized carbons (Fsp3) is 0.421. The maximum atomic E-state index is 12.3. The Labute approximate surface area is 141 Å². The van der Waals surface area contributed by atoms with Gasteiger partial charge in [0, 0.05) is 6.54 Å². The van der Waals surface area contributed by atoms with E-state index in [1.54, 1.807) is 0 Å². The van der Waals surface area contributed by atoms with Gasteiger partial charge in [-0.3, -0.25) is 19.3 Å². The number of benzene rings is 1. The van der Waals surface area contributed by atoms with Gasteiger partial charge in [-0.25, -0.2) is 0 Å². The quantitative estimate of drug-likeness (QED) is 0.473. The minimum absolute atomic E-state index is 0.0379. The molecule has 0 unspecified atom stereocenters. The molecular formula is C19H21NO4. The van der Waals surface area contributed by atoms with Crippen LogP contribution in [0.3, 0.4) is 0 Å². The van der Waals surface area contributed by atoms with Gasteiger partial charge < -0.3 is 4.74 Å². The number of esters is 1. The van der Waals surface area contributed by atoms with Crippen LogP contribution in [0.2, 0.25) is 0 Å². The van der Waals surface area contributed by atoms with E-state index in [9.17, 15) is 14.4 Å². The summed E-state index contributed by atoms with van der Waals surface area (Å²) >= 11 is 0. The van der Waals surface area contributed by atoms with E-state index in [0.717, 1.165) is 11.1 Å². The monoisotopic (exact) mass is 327 g/mol. The molecule has 1 heterocycles. The van der Waals surface area contributed by atoms with Crippen LogP contribution >= 0.6 is 0 Å². The molecule has 1 saturated heterocycles. The third-order valence-electron chi connectivity index (χ3n) is 4.62. The number of nitrogens with zero attached hydrogens (tertiary/aromatic N) is 1. The molecule has 2 amide bonds. The molecule has 24 heavy (non-hydrogen) atoms. The number of hydrogen-bond donors (Lipinski definition) is 0. The van der Waals surface area contributed by atoms with E-state index in [1.807, 2.05) is 43.3 Å². The number of hydrogen-bond acceptors (Lipinski definition) is 4. The maximum absolute atomic E-state index is 12.3. The van der Waals surface area contributed by atoms with E-state index in [2.05, 4.69) is 0 Å². The molecule has 2 aliphatic rings. The van der Waals surface area contributed by atoms with Crippen molar-refractivity contribution in [3.63, 3.8) is 0 Å². The molecule has 1 aliphatic heterocycles. The summed E-state index contributed by atoms with van der Waals surface area (Å²) in [7, 11) is 0. The molecular weight excluding hydrogens is 306 g/mol. The standard InChI is InChI=1S/C19H21NO4/c1-13-5-4-6-14(11-13)12-24-17(21)9-10-20-18(22)15-7-2-3-8-16(15)19(20)23/h2-6,11,15-16H,7-10,12H2,1H3/t15-,16-/m0/s1. The van der Waals surface area contributed by atoms with Gasteiger partial charge in [-0.1, -0.05) is 42.0 Å². The second kappa shape index (κ2) is 6.99. The molecule has 5 nitrogen and oxygen atoms in total. The second-order valence-corrected chi connectivity index (χ2v) is 6.38. The first-order valence-electron chi connectivity index (χ1n) is 8.27. The lowest BCUT2D eigenvalue weighted by Gasteiger charge is -2.14. The lowest BCUT2D eigenvalue weighted by atomic mass is 9.85. The summed E-state index contributed by atoms with van der Waals surface area (Å²) < 4.78 is 5.23. The zero-order valence-corrected chi connectivity index (χ0v) is 13.7. The van der Waals surface area contributed by atoms with E-state index in [1.165, 1.54) is 4.90 Å². The van der Waals surface area contributed by atoms with Crippen LogP contribution in [0.1, 0.15) is 30.4 Å². The van der Waals surface area contributed by atoms with E-state index in [0.29, 0.717) is 12.8 Å². The molecule has 2 atom stereocenters. The highest BCUT2D eigenvalue weighted by Gasteiger charge is 2.46. The topological polar surface area (TPSA) is 63.7 Å². The van der Waals surface area contributed by atoms with Gasteiger partial charge in [-0.15, -0.1) is 0 Å². The molecule has 1 fully saturated rings. The SMILES string of the molecule is Cc1cccc(COC(=O)CCN2C(=O)[C@H]3CC=CC[C@@H]3C2=O)c1. The number of ether oxygens (including phenoxy) is 1. The molecule has 0 N–H and O–H groups in total. The van der Waals surface area contributed by atoms with Gasteiger partial charge >= 0.3 is 5.97 Å². The smallest absolute Gasteiger partial charge is 0.307 e. The Hall–Kier alpha value is -2.43. The van der Waals surface area contributed by atoms with Crippen molar-refractivity contribution in [2.75, 3.05) is 6.54 Å². The summed E-state index contributed by atoms with van der Waals surface area (Å²) in [5, 5.41) is 0. The van der Waals surface area contributed by atoms with Crippen molar-refractivity contribution in [2.45, 2.75) is 32.8 Å². The van der Waals surface area contributed by atoms with Crippen LogP contribution in [0.5, 0.6) is 0 Å². The number of likely N-dealkylation sites (tertiary alicyclic amines) is 1. The Morgan fingerprint density at radius 3 is 2.46 bits per heavy atom. The second-order valence-electron chi connectivity index (χ2n) is 6.38. The van der Waals surface area contributed by atoms with Gasteiger partial charge in [0.25, 0.3) is 0 Å². The Morgan fingerprint density at radius 1 is 1.17 bits per heavy atom. The average Bonchev–Trinajstić information content (AvgIpc) is 2.83. The van der Waals surface area contributed by atoms with Gasteiger partial charge in [0.1, 0.15) is 6.61 Å². The Kier molecular flexibility index (Phi) is 4.79. The minimum atomic E-state index is -0.398. The van der Waals surface area contributed by atoms with Crippen molar-refractivity contribution in [1.29, 1.82) is 0 Å². The van der Waals surface area contributed by atoms with Gasteiger partial charge in [0.05, 0.1) is 18.3 Å². The summed E-state index contributed by atoms with van der Waals surface area (Å²) in [5.74, 6) is -1.19. The predicted molar refractivity (Wildman–Crippen MR) is 87.7 cm³/mol. The molecule has 0 aromatic heterocycles. The summed E-state index contributed by atoms with van der Waals surface area (Å²) in [6, 6.07) is 7.74. The van der Waals surface area contributed by atoms with Crippen LogP contribution in [0.15, 0.2) is 36.4 Å². The highest BCUT2D eigenvalue weighted by atomic mass is 16.5. The molecule has 0 radical (unpaired) electrons. The van der Waals surface area contributed by atoms with Crippen LogP contribution in [-0.4, -0.2) is 29.2 Å². The van der Waals surface area contributed by atoms with Crippen molar-refractivity contribution in [2.24, 2.45) is 11.8 Å². The van der Waals surface area contributed by atoms with Crippen molar-refractivity contribution in [3.8, 4) is 0 Å². The minimum Gasteiger partial charge on any atom is -0.461 e. The molecule has 126 valence electrons. The molecule has 0 bridgehead atoms. The first-order chi connectivity index (χ1) is 11.6. The molecule has 1 aromatic rings. The number of rotatable bonds is 5. The fourth-order valence-corrected chi connectivity index (χ4v) is 3.33. The molecule has 3 rings (SSSR count). The van der Waals surface area contributed by atoms with Gasteiger partial charge in [-0.05, 0) is 25.3 Å². The average molecular weight is 327 g/mol. The van der Waals surface area contributed by atoms with E-state index in [-0.39, 0.29) is 43.2 Å². The van der Waals surface area contributed by atoms with Gasteiger partial charge in [0.15, 0.2) is 0 Å². The normalized spacial score (nSPS) is 22.6. The van der Waals surface area contributed by atoms with Crippen LogP contribution < -0.4 is 0 Å². The van der Waals surface area contributed by atoms with Crippen molar-refractivity contribution in [3.05, 3.63) is 47.5 Å². The molecule has 0 spiro atoms. The maximum Gasteiger partial charge on any atom is 0.307 e. The van der Waals surface area contributed by atoms with Crippen LogP contribution in [0, 0.1) is 18.8 Å². The molecule has 1 aliphatic carbocycles. The summed E-state index contributed by atoms with van der Waals surface area (Å²) in [6.07, 6.45) is 5.17. The van der Waals surface area contributed by atoms with Gasteiger partial charge in [-0.2, -0.15) is 0 Å². The van der Waals surface area contributed by atoms with Crippen molar-refractivity contribution in [1.82, 2.24) is 4.90 Å². The zero-order chi connectivity index (χ0) is 17.1. The number of carbonyl (C=O) groups excluding carboxylic acids is 3. The van der Waals surface area contributed by atoms with Crippen molar-refractivity contribution >= 4 is 17.8 Å². The van der Waals surface area contributed by atoms with Crippen LogP contribution in [0.4, 0.5) is 0 Å².